The van der Waals surface area contributed by atoms with E-state index in [2.05, 4.69) is 4.98 Å². The quantitative estimate of drug-likeness (QED) is 0.905. The number of nitrogen functional groups attached to an aromatic ring is 1. The molecule has 2 aromatic rings. The highest BCUT2D eigenvalue weighted by Crippen LogP contribution is 2.32. The van der Waals surface area contributed by atoms with Gasteiger partial charge in [-0.1, -0.05) is 35.3 Å². The zero-order valence-electron chi connectivity index (χ0n) is 9.08. The SMILES string of the molecule is COc1cccc(-c2nc(N)c(Cl)cc2Cl)c1. The van der Waals surface area contributed by atoms with Crippen molar-refractivity contribution < 1.29 is 4.74 Å². The summed E-state index contributed by atoms with van der Waals surface area (Å²) in [5, 5.41) is 0.805. The molecule has 1 heterocycles. The van der Waals surface area contributed by atoms with Gasteiger partial charge in [0.1, 0.15) is 11.6 Å². The second-order valence-electron chi connectivity index (χ2n) is 3.42. The molecule has 1 aromatic carbocycles. The van der Waals surface area contributed by atoms with Crippen LogP contribution in [0.3, 0.4) is 0 Å². The van der Waals surface area contributed by atoms with Crippen molar-refractivity contribution in [2.75, 3.05) is 12.8 Å². The van der Waals surface area contributed by atoms with Gasteiger partial charge in [0.2, 0.25) is 0 Å². The lowest BCUT2D eigenvalue weighted by Gasteiger charge is -2.07. The minimum atomic E-state index is 0.258. The van der Waals surface area contributed by atoms with Gasteiger partial charge in [-0.3, -0.25) is 0 Å². The predicted octanol–water partition coefficient (Wildman–Crippen LogP) is 3.65. The average Bonchev–Trinajstić information content (AvgIpc) is 2.34. The molecule has 1 aromatic heterocycles. The summed E-state index contributed by atoms with van der Waals surface area (Å²) in [6.45, 7) is 0. The van der Waals surface area contributed by atoms with Gasteiger partial charge in [0.15, 0.2) is 0 Å². The lowest BCUT2D eigenvalue weighted by atomic mass is 10.1. The summed E-state index contributed by atoms with van der Waals surface area (Å²) < 4.78 is 5.14. The van der Waals surface area contributed by atoms with Crippen LogP contribution in [-0.4, -0.2) is 12.1 Å². The van der Waals surface area contributed by atoms with Crippen molar-refractivity contribution in [3.05, 3.63) is 40.4 Å². The molecule has 0 amide bonds. The van der Waals surface area contributed by atoms with Crippen molar-refractivity contribution in [2.24, 2.45) is 0 Å². The fourth-order valence-corrected chi connectivity index (χ4v) is 1.92. The number of methoxy groups -OCH3 is 1. The number of halogens is 2. The fourth-order valence-electron chi connectivity index (χ4n) is 1.45. The Morgan fingerprint density at radius 1 is 1.18 bits per heavy atom. The van der Waals surface area contributed by atoms with Crippen LogP contribution in [0.5, 0.6) is 5.75 Å². The topological polar surface area (TPSA) is 48.1 Å². The van der Waals surface area contributed by atoms with Crippen molar-refractivity contribution in [3.8, 4) is 17.0 Å². The molecule has 2 rings (SSSR count). The second-order valence-corrected chi connectivity index (χ2v) is 4.23. The Hall–Kier alpha value is -1.45. The first-order chi connectivity index (χ1) is 8.11. The predicted molar refractivity (Wildman–Crippen MR) is 70.7 cm³/mol. The van der Waals surface area contributed by atoms with E-state index in [4.69, 9.17) is 33.7 Å². The van der Waals surface area contributed by atoms with Crippen LogP contribution in [0.4, 0.5) is 5.82 Å². The first-order valence-corrected chi connectivity index (χ1v) is 5.63. The molecule has 0 radical (unpaired) electrons. The van der Waals surface area contributed by atoms with Gasteiger partial charge in [0, 0.05) is 5.56 Å². The van der Waals surface area contributed by atoms with Gasteiger partial charge in [-0.05, 0) is 18.2 Å². The molecule has 88 valence electrons. The van der Waals surface area contributed by atoms with Crippen LogP contribution in [0.25, 0.3) is 11.3 Å². The Bertz CT molecular complexity index is 558. The molecule has 0 atom stereocenters. The van der Waals surface area contributed by atoms with Crippen LogP contribution in [0.15, 0.2) is 30.3 Å². The molecule has 0 aliphatic rings. The Morgan fingerprint density at radius 2 is 1.94 bits per heavy atom. The van der Waals surface area contributed by atoms with Crippen molar-refractivity contribution >= 4 is 29.0 Å². The van der Waals surface area contributed by atoms with E-state index in [-0.39, 0.29) is 5.82 Å². The maximum absolute atomic E-state index is 6.09. The van der Waals surface area contributed by atoms with Gasteiger partial charge >= 0.3 is 0 Å². The number of rotatable bonds is 2. The van der Waals surface area contributed by atoms with Gasteiger partial charge in [-0.15, -0.1) is 0 Å². The first kappa shape index (κ1) is 12.0. The highest BCUT2D eigenvalue weighted by Gasteiger charge is 2.09. The molecule has 0 saturated carbocycles. The van der Waals surface area contributed by atoms with Gasteiger partial charge in [-0.25, -0.2) is 4.98 Å². The van der Waals surface area contributed by atoms with Crippen molar-refractivity contribution in [1.29, 1.82) is 0 Å². The van der Waals surface area contributed by atoms with Gasteiger partial charge in [0.25, 0.3) is 0 Å². The number of benzene rings is 1. The molecule has 17 heavy (non-hydrogen) atoms. The number of hydrogen-bond donors (Lipinski definition) is 1. The maximum Gasteiger partial charge on any atom is 0.143 e. The molecule has 0 aliphatic heterocycles. The van der Waals surface area contributed by atoms with Crippen LogP contribution >= 0.6 is 23.2 Å². The third-order valence-electron chi connectivity index (χ3n) is 2.30. The van der Waals surface area contributed by atoms with Crippen molar-refractivity contribution in [3.63, 3.8) is 0 Å². The molecule has 0 bridgehead atoms. The molecular formula is C12H10Cl2N2O. The average molecular weight is 269 g/mol. The smallest absolute Gasteiger partial charge is 0.143 e. The molecule has 0 spiro atoms. The third kappa shape index (κ3) is 2.46. The monoisotopic (exact) mass is 268 g/mol. The van der Waals surface area contributed by atoms with E-state index in [1.54, 1.807) is 13.2 Å². The van der Waals surface area contributed by atoms with Crippen LogP contribution in [0.2, 0.25) is 10.0 Å². The molecular weight excluding hydrogens is 259 g/mol. The summed E-state index contributed by atoms with van der Waals surface area (Å²) in [5.74, 6) is 0.989. The van der Waals surface area contributed by atoms with Crippen LogP contribution in [0.1, 0.15) is 0 Å². The Morgan fingerprint density at radius 3 is 2.65 bits per heavy atom. The van der Waals surface area contributed by atoms with Gasteiger partial charge < -0.3 is 10.5 Å². The maximum atomic E-state index is 6.09. The van der Waals surface area contributed by atoms with Crippen molar-refractivity contribution in [1.82, 2.24) is 4.98 Å². The van der Waals surface area contributed by atoms with E-state index >= 15 is 0 Å². The first-order valence-electron chi connectivity index (χ1n) is 4.87. The zero-order valence-corrected chi connectivity index (χ0v) is 10.6. The lowest BCUT2D eigenvalue weighted by molar-refractivity contribution is 0.415. The number of aromatic nitrogens is 1. The number of ether oxygens (including phenoxy) is 1. The van der Waals surface area contributed by atoms with Crippen LogP contribution in [-0.2, 0) is 0 Å². The summed E-state index contributed by atoms with van der Waals surface area (Å²) in [4.78, 5) is 4.18. The Labute approximate surface area is 109 Å². The summed E-state index contributed by atoms with van der Waals surface area (Å²) in [6, 6.07) is 9.00. The van der Waals surface area contributed by atoms with E-state index < -0.39 is 0 Å². The highest BCUT2D eigenvalue weighted by molar-refractivity contribution is 6.37. The van der Waals surface area contributed by atoms with Crippen LogP contribution in [0, 0.1) is 0 Å². The second kappa shape index (κ2) is 4.82. The van der Waals surface area contributed by atoms with E-state index in [1.807, 2.05) is 24.3 Å². The Kier molecular flexibility index (Phi) is 3.41. The number of hydrogen-bond acceptors (Lipinski definition) is 3. The summed E-state index contributed by atoms with van der Waals surface area (Å²) in [6.07, 6.45) is 0. The highest BCUT2D eigenvalue weighted by atomic mass is 35.5. The van der Waals surface area contributed by atoms with E-state index in [0.29, 0.717) is 15.7 Å². The normalized spacial score (nSPS) is 10.3. The molecule has 5 heteroatoms. The Balaban J connectivity index is 2.56. The molecule has 0 unspecified atom stereocenters. The summed E-state index contributed by atoms with van der Waals surface area (Å²) in [7, 11) is 1.60. The molecule has 2 N–H and O–H groups in total. The third-order valence-corrected chi connectivity index (χ3v) is 2.89. The fraction of sp³-hybridized carbons (Fsp3) is 0.0833. The minimum Gasteiger partial charge on any atom is -0.497 e. The number of nitrogens with zero attached hydrogens (tertiary/aromatic N) is 1. The number of anilines is 1. The molecule has 0 fully saturated rings. The van der Waals surface area contributed by atoms with E-state index in [0.717, 1.165) is 11.3 Å². The van der Waals surface area contributed by atoms with Gasteiger partial charge in [0.05, 0.1) is 22.8 Å². The minimum absolute atomic E-state index is 0.258. The number of nitrogens with two attached hydrogens (primary N) is 1. The summed E-state index contributed by atoms with van der Waals surface area (Å²) >= 11 is 11.9. The van der Waals surface area contributed by atoms with E-state index in [1.165, 1.54) is 0 Å². The van der Waals surface area contributed by atoms with Crippen LogP contribution < -0.4 is 10.5 Å². The zero-order chi connectivity index (χ0) is 12.4. The number of pyridine rings is 1. The molecule has 0 aliphatic carbocycles. The molecule has 3 nitrogen and oxygen atoms in total. The summed E-state index contributed by atoms with van der Waals surface area (Å²) in [5.41, 5.74) is 7.09. The van der Waals surface area contributed by atoms with Gasteiger partial charge in [-0.2, -0.15) is 0 Å². The largest absolute Gasteiger partial charge is 0.497 e. The molecule has 0 saturated heterocycles. The van der Waals surface area contributed by atoms with E-state index in [9.17, 15) is 0 Å². The lowest BCUT2D eigenvalue weighted by Crippen LogP contribution is -1.95. The van der Waals surface area contributed by atoms with Crippen molar-refractivity contribution in [2.45, 2.75) is 0 Å². The standard InChI is InChI=1S/C12H10Cl2N2O/c1-17-8-4-2-3-7(5-8)11-9(13)6-10(14)12(15)16-11/h2-6H,1H3,(H2,15,16).